The first kappa shape index (κ1) is 8.50. The topological polar surface area (TPSA) is 82.8 Å². The van der Waals surface area contributed by atoms with Crippen molar-refractivity contribution in [3.8, 4) is 0 Å². The maximum atomic E-state index is 5.73. The monoisotopic (exact) mass is 181 g/mol. The largest absolute Gasteiger partial charge is 0.368 e. The Morgan fingerprint density at radius 3 is 2.54 bits per heavy atom. The molecule has 2 rings (SSSR count). The van der Waals surface area contributed by atoms with Crippen molar-refractivity contribution in [2.24, 2.45) is 12.8 Å². The molecule has 1 saturated carbocycles. The molecule has 0 spiro atoms. The van der Waals surface area contributed by atoms with E-state index < -0.39 is 0 Å². The minimum atomic E-state index is 0.0232. The van der Waals surface area contributed by atoms with Crippen LogP contribution < -0.4 is 11.5 Å². The molecule has 1 aromatic heterocycles. The Morgan fingerprint density at radius 1 is 1.54 bits per heavy atom. The summed E-state index contributed by atoms with van der Waals surface area (Å²) in [6.07, 6.45) is 3.40. The van der Waals surface area contributed by atoms with Gasteiger partial charge in [0.05, 0.1) is 0 Å². The van der Waals surface area contributed by atoms with E-state index in [0.29, 0.717) is 12.5 Å². The van der Waals surface area contributed by atoms with Gasteiger partial charge in [-0.15, -0.1) is 0 Å². The normalized spacial score (nSPS) is 19.8. The fraction of sp³-hybridized carbons (Fsp3) is 0.750. The van der Waals surface area contributed by atoms with Crippen molar-refractivity contribution in [2.45, 2.75) is 24.7 Å². The SMILES string of the molecule is Cn1nc(C2(CN)CCC2)nc1N. The summed E-state index contributed by atoms with van der Waals surface area (Å²) in [5.74, 6) is 1.29. The average molecular weight is 181 g/mol. The predicted octanol–water partition coefficient (Wildman–Crippen LogP) is -0.222. The van der Waals surface area contributed by atoms with Crippen LogP contribution in [0, 0.1) is 0 Å². The molecule has 0 radical (unpaired) electrons. The van der Waals surface area contributed by atoms with Crippen LogP contribution in [0.1, 0.15) is 25.1 Å². The first-order chi connectivity index (χ1) is 6.18. The Morgan fingerprint density at radius 2 is 2.23 bits per heavy atom. The van der Waals surface area contributed by atoms with Crippen molar-refractivity contribution >= 4 is 5.95 Å². The molecule has 13 heavy (non-hydrogen) atoms. The Balaban J connectivity index is 2.33. The summed E-state index contributed by atoms with van der Waals surface area (Å²) >= 11 is 0. The van der Waals surface area contributed by atoms with E-state index in [1.54, 1.807) is 11.7 Å². The molecule has 0 saturated heterocycles. The van der Waals surface area contributed by atoms with Gasteiger partial charge in [0.1, 0.15) is 0 Å². The minimum Gasteiger partial charge on any atom is -0.368 e. The highest BCUT2D eigenvalue weighted by Crippen LogP contribution is 2.41. The summed E-state index contributed by atoms with van der Waals surface area (Å²) in [4.78, 5) is 4.22. The van der Waals surface area contributed by atoms with Crippen LogP contribution in [0.5, 0.6) is 0 Å². The molecule has 1 aromatic rings. The van der Waals surface area contributed by atoms with Crippen LogP contribution in [0.2, 0.25) is 0 Å². The lowest BCUT2D eigenvalue weighted by Gasteiger charge is -2.38. The second-order valence-corrected chi connectivity index (χ2v) is 3.76. The zero-order valence-electron chi connectivity index (χ0n) is 7.82. The molecule has 1 heterocycles. The van der Waals surface area contributed by atoms with Crippen molar-refractivity contribution in [1.82, 2.24) is 14.8 Å². The fourth-order valence-electron chi connectivity index (χ4n) is 1.74. The first-order valence-corrected chi connectivity index (χ1v) is 4.55. The van der Waals surface area contributed by atoms with Crippen molar-refractivity contribution in [3.05, 3.63) is 5.82 Å². The number of nitrogens with zero attached hydrogens (tertiary/aromatic N) is 3. The maximum Gasteiger partial charge on any atom is 0.218 e. The zero-order valence-corrected chi connectivity index (χ0v) is 7.82. The highest BCUT2D eigenvalue weighted by molar-refractivity contribution is 5.22. The zero-order chi connectivity index (χ0) is 9.47. The number of rotatable bonds is 2. The van der Waals surface area contributed by atoms with Gasteiger partial charge in [0.15, 0.2) is 5.82 Å². The van der Waals surface area contributed by atoms with E-state index in [4.69, 9.17) is 11.5 Å². The number of nitrogen functional groups attached to an aromatic ring is 1. The molecule has 1 aliphatic rings. The number of nitrogens with two attached hydrogens (primary N) is 2. The minimum absolute atomic E-state index is 0.0232. The summed E-state index contributed by atoms with van der Waals surface area (Å²) in [5, 5.41) is 4.28. The van der Waals surface area contributed by atoms with E-state index >= 15 is 0 Å². The Hall–Kier alpha value is -1.10. The summed E-state index contributed by atoms with van der Waals surface area (Å²) in [7, 11) is 1.80. The number of aromatic nitrogens is 3. The lowest BCUT2D eigenvalue weighted by molar-refractivity contribution is 0.237. The van der Waals surface area contributed by atoms with Crippen LogP contribution in [-0.2, 0) is 12.5 Å². The van der Waals surface area contributed by atoms with E-state index in [-0.39, 0.29) is 5.41 Å². The molecule has 0 aliphatic heterocycles. The molecule has 0 atom stereocenters. The van der Waals surface area contributed by atoms with Gasteiger partial charge >= 0.3 is 0 Å². The smallest absolute Gasteiger partial charge is 0.218 e. The Bertz CT molecular complexity index is 287. The number of hydrogen-bond donors (Lipinski definition) is 2. The van der Waals surface area contributed by atoms with Crippen molar-refractivity contribution in [1.29, 1.82) is 0 Å². The molecule has 5 nitrogen and oxygen atoms in total. The van der Waals surface area contributed by atoms with Crippen LogP contribution in [0.3, 0.4) is 0 Å². The van der Waals surface area contributed by atoms with Crippen LogP contribution in [-0.4, -0.2) is 21.3 Å². The molecule has 5 heteroatoms. The van der Waals surface area contributed by atoms with Crippen LogP contribution in [0.15, 0.2) is 0 Å². The quantitative estimate of drug-likeness (QED) is 0.660. The van der Waals surface area contributed by atoms with Gasteiger partial charge in [0, 0.05) is 19.0 Å². The molecule has 0 amide bonds. The van der Waals surface area contributed by atoms with Gasteiger partial charge in [-0.2, -0.15) is 10.1 Å². The highest BCUT2D eigenvalue weighted by Gasteiger charge is 2.41. The lowest BCUT2D eigenvalue weighted by atomic mass is 9.68. The predicted molar refractivity (Wildman–Crippen MR) is 50.0 cm³/mol. The van der Waals surface area contributed by atoms with E-state index in [9.17, 15) is 0 Å². The maximum absolute atomic E-state index is 5.73. The molecular weight excluding hydrogens is 166 g/mol. The molecule has 72 valence electrons. The first-order valence-electron chi connectivity index (χ1n) is 4.55. The fourth-order valence-corrected chi connectivity index (χ4v) is 1.74. The van der Waals surface area contributed by atoms with Crippen LogP contribution >= 0.6 is 0 Å². The Labute approximate surface area is 77.1 Å². The standard InChI is InChI=1S/C8H15N5/c1-13-7(10)11-6(12-13)8(5-9)3-2-4-8/h2-5,9H2,1H3,(H2,10,11,12). The molecule has 0 unspecified atom stereocenters. The Kier molecular flexibility index (Phi) is 1.76. The van der Waals surface area contributed by atoms with E-state index in [0.717, 1.165) is 18.7 Å². The van der Waals surface area contributed by atoms with E-state index in [1.165, 1.54) is 6.42 Å². The summed E-state index contributed by atoms with van der Waals surface area (Å²) in [6, 6.07) is 0. The third kappa shape index (κ3) is 1.11. The van der Waals surface area contributed by atoms with Gasteiger partial charge < -0.3 is 11.5 Å². The second kappa shape index (κ2) is 2.70. The molecule has 0 bridgehead atoms. The summed E-state index contributed by atoms with van der Waals surface area (Å²) in [5.41, 5.74) is 11.4. The summed E-state index contributed by atoms with van der Waals surface area (Å²) < 4.78 is 1.60. The number of anilines is 1. The van der Waals surface area contributed by atoms with Gasteiger partial charge in [0.25, 0.3) is 0 Å². The van der Waals surface area contributed by atoms with E-state index in [1.807, 2.05) is 0 Å². The molecule has 1 fully saturated rings. The van der Waals surface area contributed by atoms with Gasteiger partial charge in [-0.3, -0.25) is 0 Å². The lowest BCUT2D eigenvalue weighted by Crippen LogP contribution is -2.42. The van der Waals surface area contributed by atoms with Crippen molar-refractivity contribution in [2.75, 3.05) is 12.3 Å². The van der Waals surface area contributed by atoms with Crippen LogP contribution in [0.25, 0.3) is 0 Å². The third-order valence-electron chi connectivity index (χ3n) is 2.97. The number of hydrogen-bond acceptors (Lipinski definition) is 4. The average Bonchev–Trinajstić information content (AvgIpc) is 2.31. The van der Waals surface area contributed by atoms with Gasteiger partial charge in [-0.05, 0) is 12.8 Å². The molecule has 1 aliphatic carbocycles. The highest BCUT2D eigenvalue weighted by atomic mass is 15.4. The number of aryl methyl sites for hydroxylation is 1. The van der Waals surface area contributed by atoms with Crippen LogP contribution in [0.4, 0.5) is 5.95 Å². The van der Waals surface area contributed by atoms with Gasteiger partial charge in [0.2, 0.25) is 5.95 Å². The van der Waals surface area contributed by atoms with Crippen molar-refractivity contribution in [3.63, 3.8) is 0 Å². The van der Waals surface area contributed by atoms with Gasteiger partial charge in [-0.1, -0.05) is 6.42 Å². The molecular formula is C8H15N5. The summed E-state index contributed by atoms with van der Waals surface area (Å²) in [6.45, 7) is 0.621. The molecule has 0 aromatic carbocycles. The van der Waals surface area contributed by atoms with Crippen molar-refractivity contribution < 1.29 is 0 Å². The van der Waals surface area contributed by atoms with E-state index in [2.05, 4.69) is 10.1 Å². The molecule has 4 N–H and O–H groups in total. The van der Waals surface area contributed by atoms with Gasteiger partial charge in [-0.25, -0.2) is 4.68 Å². The third-order valence-corrected chi connectivity index (χ3v) is 2.97. The second-order valence-electron chi connectivity index (χ2n) is 3.76.